The number of piperidine rings is 1. The number of nitrogens with one attached hydrogen (secondary N) is 1. The van der Waals surface area contributed by atoms with Crippen molar-refractivity contribution in [2.24, 2.45) is 0 Å². The fourth-order valence-electron chi connectivity index (χ4n) is 3.53. The van der Waals surface area contributed by atoms with E-state index in [1.54, 1.807) is 0 Å². The first-order chi connectivity index (χ1) is 9.71. The molecule has 1 amide bonds. The van der Waals surface area contributed by atoms with Gasteiger partial charge in [0.25, 0.3) is 0 Å². The van der Waals surface area contributed by atoms with Crippen molar-refractivity contribution in [3.8, 4) is 0 Å². The number of likely N-dealkylation sites (tertiary alicyclic amines) is 1. The first-order valence-corrected chi connectivity index (χ1v) is 7.78. The van der Waals surface area contributed by atoms with E-state index in [9.17, 15) is 4.79 Å². The van der Waals surface area contributed by atoms with Crippen molar-refractivity contribution in [3.05, 3.63) is 35.9 Å². The van der Waals surface area contributed by atoms with Crippen LogP contribution in [0.2, 0.25) is 0 Å². The van der Waals surface area contributed by atoms with Gasteiger partial charge in [-0.3, -0.25) is 9.69 Å². The van der Waals surface area contributed by atoms with Crippen LogP contribution in [0.4, 0.5) is 0 Å². The number of benzene rings is 1. The average Bonchev–Trinajstić information content (AvgIpc) is 2.36. The van der Waals surface area contributed by atoms with Gasteiger partial charge in [-0.1, -0.05) is 30.3 Å². The SMILES string of the molecule is CN1C(C)(C)CC(NC(=O)Cc2ccccc2)CC1(C)C. The van der Waals surface area contributed by atoms with Gasteiger partial charge in [0.1, 0.15) is 0 Å². The predicted octanol–water partition coefficient (Wildman–Crippen LogP) is 3.00. The molecule has 2 rings (SSSR count). The molecule has 0 bridgehead atoms. The second-order valence-corrected chi connectivity index (χ2v) is 7.52. The monoisotopic (exact) mass is 288 g/mol. The Bertz CT molecular complexity index is 475. The van der Waals surface area contributed by atoms with Gasteiger partial charge in [-0.05, 0) is 53.1 Å². The molecule has 0 unspecified atom stereocenters. The third kappa shape index (κ3) is 3.85. The summed E-state index contributed by atoms with van der Waals surface area (Å²) in [5, 5.41) is 3.23. The van der Waals surface area contributed by atoms with Crippen LogP contribution >= 0.6 is 0 Å². The van der Waals surface area contributed by atoms with E-state index in [-0.39, 0.29) is 23.0 Å². The summed E-state index contributed by atoms with van der Waals surface area (Å²) in [5.41, 5.74) is 1.28. The largest absolute Gasteiger partial charge is 0.353 e. The smallest absolute Gasteiger partial charge is 0.224 e. The van der Waals surface area contributed by atoms with Crippen LogP contribution in [0.15, 0.2) is 30.3 Å². The van der Waals surface area contributed by atoms with Crippen LogP contribution in [-0.2, 0) is 11.2 Å². The van der Waals surface area contributed by atoms with Crippen molar-refractivity contribution >= 4 is 5.91 Å². The highest BCUT2D eigenvalue weighted by Crippen LogP contribution is 2.36. The number of hydrogen-bond donors (Lipinski definition) is 1. The summed E-state index contributed by atoms with van der Waals surface area (Å²) in [5.74, 6) is 0.127. The highest BCUT2D eigenvalue weighted by molar-refractivity contribution is 5.78. The van der Waals surface area contributed by atoms with Crippen LogP contribution in [0.3, 0.4) is 0 Å². The average molecular weight is 288 g/mol. The normalized spacial score (nSPS) is 22.0. The lowest BCUT2D eigenvalue weighted by Gasteiger charge is -2.53. The van der Waals surface area contributed by atoms with Crippen LogP contribution in [-0.4, -0.2) is 35.0 Å². The number of carbonyl (C=O) groups is 1. The summed E-state index contributed by atoms with van der Waals surface area (Å²) in [7, 11) is 2.18. The molecule has 21 heavy (non-hydrogen) atoms. The van der Waals surface area contributed by atoms with Crippen LogP contribution < -0.4 is 5.32 Å². The maximum absolute atomic E-state index is 12.3. The summed E-state index contributed by atoms with van der Waals surface area (Å²) in [6, 6.07) is 10.2. The van der Waals surface area contributed by atoms with Crippen molar-refractivity contribution in [2.75, 3.05) is 7.05 Å². The molecule has 0 saturated carbocycles. The molecule has 3 heteroatoms. The molecule has 0 spiro atoms. The molecule has 0 aliphatic carbocycles. The zero-order valence-corrected chi connectivity index (χ0v) is 13.9. The first kappa shape index (κ1) is 16.0. The maximum atomic E-state index is 12.3. The first-order valence-electron chi connectivity index (χ1n) is 7.78. The molecular formula is C18H28N2O. The molecule has 1 aliphatic heterocycles. The summed E-state index contributed by atoms with van der Waals surface area (Å²) in [6.45, 7) is 9.02. The molecule has 0 aromatic heterocycles. The number of hydrogen-bond acceptors (Lipinski definition) is 2. The third-order valence-corrected chi connectivity index (χ3v) is 4.88. The van der Waals surface area contributed by atoms with E-state index in [1.807, 2.05) is 30.3 Å². The molecule has 1 aromatic rings. The second-order valence-electron chi connectivity index (χ2n) is 7.52. The van der Waals surface area contributed by atoms with Gasteiger partial charge >= 0.3 is 0 Å². The Kier molecular flexibility index (Phi) is 4.43. The standard InChI is InChI=1S/C18H28N2O/c1-17(2)12-15(13-18(3,4)20(17)5)19-16(21)11-14-9-7-6-8-10-14/h6-10,15H,11-13H2,1-5H3,(H,19,21). The van der Waals surface area contributed by atoms with Crippen LogP contribution in [0, 0.1) is 0 Å². The Morgan fingerprint density at radius 2 is 1.67 bits per heavy atom. The molecule has 1 N–H and O–H groups in total. The van der Waals surface area contributed by atoms with Gasteiger partial charge in [-0.15, -0.1) is 0 Å². The lowest BCUT2D eigenvalue weighted by molar-refractivity contribution is -0.122. The Balaban J connectivity index is 1.98. The van der Waals surface area contributed by atoms with E-state index in [4.69, 9.17) is 0 Å². The van der Waals surface area contributed by atoms with E-state index < -0.39 is 0 Å². The molecule has 0 atom stereocenters. The minimum atomic E-state index is 0.104. The van der Waals surface area contributed by atoms with E-state index in [2.05, 4.69) is 45.0 Å². The van der Waals surface area contributed by atoms with E-state index in [1.165, 1.54) is 0 Å². The maximum Gasteiger partial charge on any atom is 0.224 e. The number of amides is 1. The van der Waals surface area contributed by atoms with Crippen molar-refractivity contribution < 1.29 is 4.79 Å². The highest BCUT2D eigenvalue weighted by atomic mass is 16.1. The molecule has 0 radical (unpaired) electrons. The zero-order valence-electron chi connectivity index (χ0n) is 13.9. The Hall–Kier alpha value is -1.35. The topological polar surface area (TPSA) is 32.3 Å². The molecule has 116 valence electrons. The van der Waals surface area contributed by atoms with Crippen molar-refractivity contribution in [3.63, 3.8) is 0 Å². The van der Waals surface area contributed by atoms with Gasteiger partial charge in [0.05, 0.1) is 6.42 Å². The number of carbonyl (C=O) groups excluding carboxylic acids is 1. The van der Waals surface area contributed by atoms with Crippen LogP contribution in [0.1, 0.15) is 46.1 Å². The summed E-state index contributed by atoms with van der Waals surface area (Å²) < 4.78 is 0. The molecule has 3 nitrogen and oxygen atoms in total. The van der Waals surface area contributed by atoms with Gasteiger partial charge in [-0.2, -0.15) is 0 Å². The lowest BCUT2D eigenvalue weighted by Crippen LogP contribution is -2.62. The fourth-order valence-corrected chi connectivity index (χ4v) is 3.53. The number of nitrogens with zero attached hydrogens (tertiary/aromatic N) is 1. The predicted molar refractivity (Wildman–Crippen MR) is 87.2 cm³/mol. The van der Waals surface area contributed by atoms with Gasteiger partial charge in [0, 0.05) is 17.1 Å². The minimum absolute atomic E-state index is 0.104. The van der Waals surface area contributed by atoms with Gasteiger partial charge in [0.15, 0.2) is 0 Å². The van der Waals surface area contributed by atoms with Crippen molar-refractivity contribution in [1.82, 2.24) is 10.2 Å². The van der Waals surface area contributed by atoms with Gasteiger partial charge < -0.3 is 5.32 Å². The Labute approximate surface area is 128 Å². The summed E-state index contributed by atoms with van der Waals surface area (Å²) in [6.07, 6.45) is 2.45. The van der Waals surface area contributed by atoms with E-state index in [0.717, 1.165) is 18.4 Å². The van der Waals surface area contributed by atoms with Crippen molar-refractivity contribution in [2.45, 2.75) is 64.1 Å². The van der Waals surface area contributed by atoms with Crippen LogP contribution in [0.25, 0.3) is 0 Å². The van der Waals surface area contributed by atoms with Gasteiger partial charge in [0.2, 0.25) is 5.91 Å². The molecule has 1 heterocycles. The second kappa shape index (κ2) is 5.80. The molecule has 1 aromatic carbocycles. The lowest BCUT2D eigenvalue weighted by atomic mass is 9.77. The highest BCUT2D eigenvalue weighted by Gasteiger charge is 2.43. The Morgan fingerprint density at radius 1 is 1.14 bits per heavy atom. The third-order valence-electron chi connectivity index (χ3n) is 4.88. The van der Waals surface area contributed by atoms with Crippen LogP contribution in [0.5, 0.6) is 0 Å². The number of rotatable bonds is 3. The molecule has 1 aliphatic rings. The van der Waals surface area contributed by atoms with Crippen molar-refractivity contribution in [1.29, 1.82) is 0 Å². The summed E-state index contributed by atoms with van der Waals surface area (Å²) >= 11 is 0. The van der Waals surface area contributed by atoms with Gasteiger partial charge in [-0.25, -0.2) is 0 Å². The Morgan fingerprint density at radius 3 is 2.19 bits per heavy atom. The fraction of sp³-hybridized carbons (Fsp3) is 0.611. The minimum Gasteiger partial charge on any atom is -0.353 e. The summed E-state index contributed by atoms with van der Waals surface area (Å²) in [4.78, 5) is 14.7. The quantitative estimate of drug-likeness (QED) is 0.927. The molecule has 1 saturated heterocycles. The molecular weight excluding hydrogens is 260 g/mol. The van der Waals surface area contributed by atoms with E-state index in [0.29, 0.717) is 6.42 Å². The van der Waals surface area contributed by atoms with E-state index >= 15 is 0 Å². The molecule has 1 fully saturated rings. The zero-order chi connectivity index (χ0) is 15.7.